The number of carbonyl (C=O) groups is 1. The van der Waals surface area contributed by atoms with Crippen LogP contribution >= 0.6 is 11.8 Å². The molecule has 0 aliphatic heterocycles. The van der Waals surface area contributed by atoms with Crippen LogP contribution in [0, 0.1) is 6.92 Å². The first kappa shape index (κ1) is 13.9. The Kier molecular flexibility index (Phi) is 5.35. The van der Waals surface area contributed by atoms with E-state index in [2.05, 4.69) is 5.32 Å². The molecule has 0 aliphatic rings. The first-order valence-corrected chi connectivity index (χ1v) is 7.02. The molecule has 17 heavy (non-hydrogen) atoms. The molecule has 1 aromatic carbocycles. The number of rotatable bonds is 5. The van der Waals surface area contributed by atoms with Crippen LogP contribution in [0.1, 0.15) is 15.9 Å². The second kappa shape index (κ2) is 6.55. The average molecular weight is 252 g/mol. The van der Waals surface area contributed by atoms with Crippen molar-refractivity contribution in [2.75, 3.05) is 38.0 Å². The summed E-state index contributed by atoms with van der Waals surface area (Å²) in [6, 6.07) is 5.76. The second-order valence-corrected chi connectivity index (χ2v) is 4.98. The summed E-state index contributed by atoms with van der Waals surface area (Å²) in [5, 5.41) is 3.10. The number of aryl methyl sites for hydroxylation is 1. The van der Waals surface area contributed by atoms with E-state index in [-0.39, 0.29) is 5.91 Å². The standard InChI is InChI=1S/C13H20N2OS/c1-10-9-11(5-6-12(10)14-2)13(16)15(3)7-8-17-4/h5-6,9,14H,7-8H2,1-4H3. The van der Waals surface area contributed by atoms with Gasteiger partial charge in [0, 0.05) is 37.6 Å². The summed E-state index contributed by atoms with van der Waals surface area (Å²) in [6.07, 6.45) is 2.05. The van der Waals surface area contributed by atoms with Gasteiger partial charge in [-0.2, -0.15) is 11.8 Å². The fourth-order valence-electron chi connectivity index (χ4n) is 1.63. The molecule has 1 amide bonds. The van der Waals surface area contributed by atoms with Crippen molar-refractivity contribution >= 4 is 23.4 Å². The lowest BCUT2D eigenvalue weighted by Gasteiger charge is -2.17. The maximum absolute atomic E-state index is 12.1. The Hall–Kier alpha value is -1.16. The zero-order valence-corrected chi connectivity index (χ0v) is 11.7. The first-order chi connectivity index (χ1) is 8.10. The van der Waals surface area contributed by atoms with Gasteiger partial charge in [0.1, 0.15) is 0 Å². The van der Waals surface area contributed by atoms with E-state index in [9.17, 15) is 4.79 Å². The average Bonchev–Trinajstić information content (AvgIpc) is 2.34. The van der Waals surface area contributed by atoms with Crippen LogP contribution in [0.2, 0.25) is 0 Å². The van der Waals surface area contributed by atoms with Crippen molar-refractivity contribution in [2.45, 2.75) is 6.92 Å². The summed E-state index contributed by atoms with van der Waals surface area (Å²) in [6.45, 7) is 2.79. The van der Waals surface area contributed by atoms with Crippen LogP contribution in [0.5, 0.6) is 0 Å². The highest BCUT2D eigenvalue weighted by molar-refractivity contribution is 7.98. The number of hydrogen-bond donors (Lipinski definition) is 1. The van der Waals surface area contributed by atoms with Crippen molar-refractivity contribution in [1.29, 1.82) is 0 Å². The van der Waals surface area contributed by atoms with Crippen molar-refractivity contribution in [3.05, 3.63) is 29.3 Å². The fraction of sp³-hybridized carbons (Fsp3) is 0.462. The van der Waals surface area contributed by atoms with Gasteiger partial charge >= 0.3 is 0 Å². The zero-order valence-electron chi connectivity index (χ0n) is 10.9. The molecule has 0 atom stereocenters. The maximum atomic E-state index is 12.1. The number of anilines is 1. The van der Waals surface area contributed by atoms with E-state index in [1.165, 1.54) is 0 Å². The topological polar surface area (TPSA) is 32.3 Å². The lowest BCUT2D eigenvalue weighted by atomic mass is 10.1. The molecule has 3 nitrogen and oxygen atoms in total. The zero-order chi connectivity index (χ0) is 12.8. The smallest absolute Gasteiger partial charge is 0.253 e. The van der Waals surface area contributed by atoms with Crippen LogP contribution in [0.15, 0.2) is 18.2 Å². The van der Waals surface area contributed by atoms with Crippen LogP contribution in [-0.4, -0.2) is 43.5 Å². The van der Waals surface area contributed by atoms with Crippen LogP contribution in [0.4, 0.5) is 5.69 Å². The van der Waals surface area contributed by atoms with E-state index in [1.807, 2.05) is 45.5 Å². The minimum Gasteiger partial charge on any atom is -0.388 e. The predicted octanol–water partition coefficient (Wildman–Crippen LogP) is 2.47. The Balaban J connectivity index is 2.78. The second-order valence-electron chi connectivity index (χ2n) is 4.00. The minimum absolute atomic E-state index is 0.0878. The van der Waals surface area contributed by atoms with Gasteiger partial charge in [-0.25, -0.2) is 0 Å². The molecule has 94 valence electrons. The number of thioether (sulfide) groups is 1. The molecule has 1 N–H and O–H groups in total. The van der Waals surface area contributed by atoms with Crippen LogP contribution < -0.4 is 5.32 Å². The summed E-state index contributed by atoms with van der Waals surface area (Å²) in [4.78, 5) is 13.9. The van der Waals surface area contributed by atoms with Gasteiger partial charge in [-0.05, 0) is 36.9 Å². The Morgan fingerprint density at radius 2 is 2.18 bits per heavy atom. The SMILES string of the molecule is CNc1ccc(C(=O)N(C)CCSC)cc1C. The highest BCUT2D eigenvalue weighted by atomic mass is 32.2. The van der Waals surface area contributed by atoms with Gasteiger partial charge in [0.25, 0.3) is 5.91 Å². The Morgan fingerprint density at radius 3 is 2.71 bits per heavy atom. The third kappa shape index (κ3) is 3.66. The van der Waals surface area contributed by atoms with Crippen LogP contribution in [0.25, 0.3) is 0 Å². The van der Waals surface area contributed by atoms with Crippen LogP contribution in [-0.2, 0) is 0 Å². The van der Waals surface area contributed by atoms with Crippen molar-refractivity contribution in [2.24, 2.45) is 0 Å². The summed E-state index contributed by atoms with van der Waals surface area (Å²) in [5.41, 5.74) is 2.91. The summed E-state index contributed by atoms with van der Waals surface area (Å²) >= 11 is 1.75. The summed E-state index contributed by atoms with van der Waals surface area (Å²) in [5.74, 6) is 1.06. The van der Waals surface area contributed by atoms with E-state index < -0.39 is 0 Å². The minimum atomic E-state index is 0.0878. The Bertz CT molecular complexity index is 393. The van der Waals surface area contributed by atoms with Crippen LogP contribution in [0.3, 0.4) is 0 Å². The number of nitrogens with zero attached hydrogens (tertiary/aromatic N) is 1. The molecule has 0 aromatic heterocycles. The quantitative estimate of drug-likeness (QED) is 0.873. The van der Waals surface area contributed by atoms with Crippen molar-refractivity contribution in [3.8, 4) is 0 Å². The van der Waals surface area contributed by atoms with Gasteiger partial charge in [-0.3, -0.25) is 4.79 Å². The molecule has 0 unspecified atom stereocenters. The predicted molar refractivity (Wildman–Crippen MR) is 76.1 cm³/mol. The molecule has 0 saturated carbocycles. The van der Waals surface area contributed by atoms with Gasteiger partial charge < -0.3 is 10.2 Å². The third-order valence-corrected chi connectivity index (χ3v) is 3.31. The Labute approximate surface area is 108 Å². The maximum Gasteiger partial charge on any atom is 0.253 e. The number of hydrogen-bond acceptors (Lipinski definition) is 3. The van der Waals surface area contributed by atoms with E-state index in [1.54, 1.807) is 16.7 Å². The van der Waals surface area contributed by atoms with Gasteiger partial charge in [0.2, 0.25) is 0 Å². The van der Waals surface area contributed by atoms with Crippen molar-refractivity contribution < 1.29 is 4.79 Å². The number of nitrogens with one attached hydrogen (secondary N) is 1. The molecule has 1 aromatic rings. The monoisotopic (exact) mass is 252 g/mol. The van der Waals surface area contributed by atoms with Gasteiger partial charge in [0.05, 0.1) is 0 Å². The molecular weight excluding hydrogens is 232 g/mol. The molecule has 4 heteroatoms. The molecule has 0 heterocycles. The number of amides is 1. The van der Waals surface area contributed by atoms with E-state index in [0.717, 1.165) is 29.1 Å². The summed E-state index contributed by atoms with van der Waals surface area (Å²) in [7, 11) is 3.73. The lowest BCUT2D eigenvalue weighted by molar-refractivity contribution is 0.0803. The van der Waals surface area contributed by atoms with E-state index >= 15 is 0 Å². The number of carbonyl (C=O) groups excluding carboxylic acids is 1. The van der Waals surface area contributed by atoms with Crippen molar-refractivity contribution in [1.82, 2.24) is 4.90 Å². The van der Waals surface area contributed by atoms with Gasteiger partial charge in [-0.1, -0.05) is 0 Å². The molecule has 0 bridgehead atoms. The highest BCUT2D eigenvalue weighted by Crippen LogP contribution is 2.16. The molecule has 0 radical (unpaired) electrons. The molecule has 0 saturated heterocycles. The van der Waals surface area contributed by atoms with Crippen molar-refractivity contribution in [3.63, 3.8) is 0 Å². The highest BCUT2D eigenvalue weighted by Gasteiger charge is 2.11. The molecule has 1 rings (SSSR count). The van der Waals surface area contributed by atoms with Gasteiger partial charge in [-0.15, -0.1) is 0 Å². The number of benzene rings is 1. The molecular formula is C13H20N2OS. The molecule has 0 aliphatic carbocycles. The normalized spacial score (nSPS) is 10.1. The van der Waals surface area contributed by atoms with E-state index in [4.69, 9.17) is 0 Å². The first-order valence-electron chi connectivity index (χ1n) is 5.63. The molecule has 0 fully saturated rings. The Morgan fingerprint density at radius 1 is 1.47 bits per heavy atom. The summed E-state index contributed by atoms with van der Waals surface area (Å²) < 4.78 is 0. The molecule has 0 spiro atoms. The fourth-order valence-corrected chi connectivity index (χ4v) is 2.08. The van der Waals surface area contributed by atoms with Gasteiger partial charge in [0.15, 0.2) is 0 Å². The van der Waals surface area contributed by atoms with E-state index in [0.29, 0.717) is 0 Å². The lowest BCUT2D eigenvalue weighted by Crippen LogP contribution is -2.28. The third-order valence-electron chi connectivity index (χ3n) is 2.72. The largest absolute Gasteiger partial charge is 0.388 e.